The average molecular weight is 225 g/mol. The second-order valence-corrected chi connectivity index (χ2v) is 4.26. The van der Waals surface area contributed by atoms with E-state index in [4.69, 9.17) is 0 Å². The molecule has 0 amide bonds. The van der Waals surface area contributed by atoms with Gasteiger partial charge in [0, 0.05) is 18.0 Å². The molecule has 1 aromatic rings. The fourth-order valence-corrected chi connectivity index (χ4v) is 1.93. The molecule has 1 aliphatic rings. The minimum absolute atomic E-state index is 0.00542. The van der Waals surface area contributed by atoms with E-state index in [0.29, 0.717) is 6.54 Å². The van der Waals surface area contributed by atoms with Crippen molar-refractivity contribution in [1.82, 2.24) is 5.32 Å². The van der Waals surface area contributed by atoms with Gasteiger partial charge in [0.1, 0.15) is 11.6 Å². The van der Waals surface area contributed by atoms with Crippen LogP contribution in [0, 0.1) is 17.0 Å². The lowest BCUT2D eigenvalue weighted by Crippen LogP contribution is -2.28. The molecule has 16 heavy (non-hydrogen) atoms. The van der Waals surface area contributed by atoms with Gasteiger partial charge in [-0.15, -0.1) is 0 Å². The maximum Gasteiger partial charge on any atom is 0.173 e. The molecule has 0 saturated heterocycles. The lowest BCUT2D eigenvalue weighted by Gasteiger charge is -2.13. The maximum absolute atomic E-state index is 13.4. The Morgan fingerprint density at radius 1 is 1.44 bits per heavy atom. The largest absolute Gasteiger partial charge is 0.319 e. The van der Waals surface area contributed by atoms with Crippen molar-refractivity contribution in [2.45, 2.75) is 12.8 Å². The van der Waals surface area contributed by atoms with Gasteiger partial charge in [-0.2, -0.15) is 0 Å². The fraction of sp³-hybridized carbons (Fsp3) is 0.417. The van der Waals surface area contributed by atoms with Crippen LogP contribution in [0.25, 0.3) is 0 Å². The summed E-state index contributed by atoms with van der Waals surface area (Å²) in [7, 11) is 1.76. The van der Waals surface area contributed by atoms with Gasteiger partial charge in [0.05, 0.1) is 5.56 Å². The molecule has 2 nitrogen and oxygen atoms in total. The van der Waals surface area contributed by atoms with Crippen molar-refractivity contribution < 1.29 is 13.6 Å². The van der Waals surface area contributed by atoms with E-state index < -0.39 is 17.0 Å². The zero-order chi connectivity index (χ0) is 11.8. The van der Waals surface area contributed by atoms with Crippen LogP contribution in [0.2, 0.25) is 0 Å². The van der Waals surface area contributed by atoms with E-state index in [0.717, 1.165) is 25.0 Å². The first-order chi connectivity index (χ1) is 7.59. The number of ketones is 1. The standard InChI is InChI=1S/C12H13F2NO/c1-15-7-12(4-5-12)11(16)9-3-2-8(13)6-10(9)14/h2-3,6,15H,4-5,7H2,1H3. The molecule has 1 N–H and O–H groups in total. The average Bonchev–Trinajstić information content (AvgIpc) is 2.99. The third-order valence-corrected chi connectivity index (χ3v) is 3.03. The number of hydrogen-bond acceptors (Lipinski definition) is 2. The third-order valence-electron chi connectivity index (χ3n) is 3.03. The minimum Gasteiger partial charge on any atom is -0.319 e. The first-order valence-electron chi connectivity index (χ1n) is 5.23. The molecule has 86 valence electrons. The van der Waals surface area contributed by atoms with Crippen LogP contribution in [-0.4, -0.2) is 19.4 Å². The molecule has 2 rings (SSSR count). The van der Waals surface area contributed by atoms with E-state index in [9.17, 15) is 13.6 Å². The van der Waals surface area contributed by atoms with Crippen molar-refractivity contribution in [2.75, 3.05) is 13.6 Å². The third kappa shape index (κ3) is 1.85. The van der Waals surface area contributed by atoms with Crippen LogP contribution in [0.4, 0.5) is 8.78 Å². The molecule has 4 heteroatoms. The Morgan fingerprint density at radius 2 is 2.12 bits per heavy atom. The first-order valence-corrected chi connectivity index (χ1v) is 5.23. The highest BCUT2D eigenvalue weighted by Crippen LogP contribution is 2.47. The summed E-state index contributed by atoms with van der Waals surface area (Å²) in [5.74, 6) is -1.65. The number of Topliss-reactive ketones (excluding diaryl/α,β-unsaturated/α-hetero) is 1. The second-order valence-electron chi connectivity index (χ2n) is 4.26. The smallest absolute Gasteiger partial charge is 0.173 e. The molecule has 0 spiro atoms. The van der Waals surface area contributed by atoms with Gasteiger partial charge in [-0.25, -0.2) is 8.78 Å². The molecular formula is C12H13F2NO. The second kappa shape index (κ2) is 3.94. The highest BCUT2D eigenvalue weighted by molar-refractivity contribution is 6.02. The van der Waals surface area contributed by atoms with E-state index in [2.05, 4.69) is 5.32 Å². The number of hydrogen-bond donors (Lipinski definition) is 1. The fourth-order valence-electron chi connectivity index (χ4n) is 1.93. The Morgan fingerprint density at radius 3 is 2.62 bits per heavy atom. The number of carbonyl (C=O) groups excluding carboxylic acids is 1. The normalized spacial score (nSPS) is 17.2. The zero-order valence-electron chi connectivity index (χ0n) is 9.02. The van der Waals surface area contributed by atoms with Crippen LogP contribution < -0.4 is 5.32 Å². The highest BCUT2D eigenvalue weighted by atomic mass is 19.1. The van der Waals surface area contributed by atoms with E-state index in [1.165, 1.54) is 6.07 Å². The molecule has 0 atom stereocenters. The molecule has 0 radical (unpaired) electrons. The molecule has 0 heterocycles. The summed E-state index contributed by atoms with van der Waals surface area (Å²) in [6, 6.07) is 3.09. The van der Waals surface area contributed by atoms with Crippen molar-refractivity contribution in [3.63, 3.8) is 0 Å². The number of nitrogens with one attached hydrogen (secondary N) is 1. The van der Waals surface area contributed by atoms with Crippen LogP contribution in [0.15, 0.2) is 18.2 Å². The Labute approximate surface area is 92.7 Å². The molecule has 0 aliphatic heterocycles. The number of halogens is 2. The Kier molecular flexibility index (Phi) is 2.76. The Hall–Kier alpha value is -1.29. The number of benzene rings is 1. The van der Waals surface area contributed by atoms with Crippen molar-refractivity contribution in [2.24, 2.45) is 5.41 Å². The number of carbonyl (C=O) groups is 1. The van der Waals surface area contributed by atoms with Gasteiger partial charge in [0.2, 0.25) is 0 Å². The van der Waals surface area contributed by atoms with E-state index in [1.54, 1.807) is 7.05 Å². The summed E-state index contributed by atoms with van der Waals surface area (Å²) in [4.78, 5) is 12.0. The van der Waals surface area contributed by atoms with Crippen molar-refractivity contribution >= 4 is 5.78 Å². The summed E-state index contributed by atoms with van der Waals surface area (Å²) in [6.45, 7) is 0.544. The van der Waals surface area contributed by atoms with Crippen LogP contribution in [0.5, 0.6) is 0 Å². The van der Waals surface area contributed by atoms with Gasteiger partial charge >= 0.3 is 0 Å². The molecule has 1 fully saturated rings. The predicted molar refractivity (Wildman–Crippen MR) is 56.3 cm³/mol. The number of rotatable bonds is 4. The molecule has 1 aliphatic carbocycles. The van der Waals surface area contributed by atoms with Crippen LogP contribution >= 0.6 is 0 Å². The van der Waals surface area contributed by atoms with E-state index in [1.807, 2.05) is 0 Å². The molecule has 0 aromatic heterocycles. The zero-order valence-corrected chi connectivity index (χ0v) is 9.02. The van der Waals surface area contributed by atoms with Gasteiger partial charge in [-0.1, -0.05) is 0 Å². The molecule has 0 bridgehead atoms. The summed E-state index contributed by atoms with van der Waals surface area (Å²) < 4.78 is 26.1. The molecule has 1 aromatic carbocycles. The molecule has 1 saturated carbocycles. The van der Waals surface area contributed by atoms with E-state index in [-0.39, 0.29) is 11.3 Å². The quantitative estimate of drug-likeness (QED) is 0.795. The summed E-state index contributed by atoms with van der Waals surface area (Å²) in [5, 5.41) is 2.93. The predicted octanol–water partition coefficient (Wildman–Crippen LogP) is 2.15. The summed E-state index contributed by atoms with van der Waals surface area (Å²) in [5.41, 5.74) is -0.470. The van der Waals surface area contributed by atoms with Gasteiger partial charge in [0.25, 0.3) is 0 Å². The van der Waals surface area contributed by atoms with E-state index >= 15 is 0 Å². The van der Waals surface area contributed by atoms with Gasteiger partial charge in [-0.3, -0.25) is 4.79 Å². The Balaban J connectivity index is 2.28. The summed E-state index contributed by atoms with van der Waals surface area (Å²) >= 11 is 0. The van der Waals surface area contributed by atoms with Gasteiger partial charge < -0.3 is 5.32 Å². The Bertz CT molecular complexity index is 427. The highest BCUT2D eigenvalue weighted by Gasteiger charge is 2.49. The van der Waals surface area contributed by atoms with Gasteiger partial charge in [0.15, 0.2) is 5.78 Å². The van der Waals surface area contributed by atoms with Gasteiger partial charge in [-0.05, 0) is 32.0 Å². The molecule has 0 unspecified atom stereocenters. The minimum atomic E-state index is -0.771. The van der Waals surface area contributed by atoms with Crippen LogP contribution in [0.1, 0.15) is 23.2 Å². The maximum atomic E-state index is 13.4. The van der Waals surface area contributed by atoms with Crippen molar-refractivity contribution in [1.29, 1.82) is 0 Å². The SMILES string of the molecule is CNCC1(C(=O)c2ccc(F)cc2F)CC1. The van der Waals surface area contributed by atoms with Crippen LogP contribution in [-0.2, 0) is 0 Å². The summed E-state index contributed by atoms with van der Waals surface area (Å²) in [6.07, 6.45) is 1.53. The molecular weight excluding hydrogens is 212 g/mol. The first kappa shape index (κ1) is 11.2. The lowest BCUT2D eigenvalue weighted by molar-refractivity contribution is 0.0896. The monoisotopic (exact) mass is 225 g/mol. The van der Waals surface area contributed by atoms with Crippen molar-refractivity contribution in [3.05, 3.63) is 35.4 Å². The topological polar surface area (TPSA) is 29.1 Å². The van der Waals surface area contributed by atoms with Crippen molar-refractivity contribution in [3.8, 4) is 0 Å². The lowest BCUT2D eigenvalue weighted by atomic mass is 9.94. The van der Waals surface area contributed by atoms with Crippen LogP contribution in [0.3, 0.4) is 0 Å².